The van der Waals surface area contributed by atoms with Crippen molar-refractivity contribution in [2.75, 3.05) is 0 Å². The molecule has 1 aliphatic carbocycles. The van der Waals surface area contributed by atoms with Crippen LogP contribution in [0.4, 0.5) is 18.0 Å². The molecule has 1 saturated carbocycles. The van der Waals surface area contributed by atoms with Crippen molar-refractivity contribution in [3.05, 3.63) is 71.3 Å². The lowest BCUT2D eigenvalue weighted by Crippen LogP contribution is -2.36. The number of carbonyl (C=O) groups is 1. The van der Waals surface area contributed by atoms with Crippen molar-refractivity contribution in [1.82, 2.24) is 19.7 Å². The zero-order valence-electron chi connectivity index (χ0n) is 22.0. The Kier molecular flexibility index (Phi) is 7.03. The number of fused-ring (bicyclic) bond motifs is 3. The Labute approximate surface area is 229 Å². The van der Waals surface area contributed by atoms with E-state index in [1.165, 1.54) is 6.07 Å². The predicted molar refractivity (Wildman–Crippen MR) is 139 cm³/mol. The molecule has 1 fully saturated rings. The smallest absolute Gasteiger partial charge is 0.416 e. The molecule has 1 aromatic heterocycles. The highest BCUT2D eigenvalue weighted by atomic mass is 35.5. The first kappa shape index (κ1) is 27.3. The highest BCUT2D eigenvalue weighted by Gasteiger charge is 2.37. The molecule has 0 saturated heterocycles. The second-order valence-electron chi connectivity index (χ2n) is 11.1. The van der Waals surface area contributed by atoms with Crippen molar-refractivity contribution >= 4 is 17.7 Å². The van der Waals surface area contributed by atoms with Crippen LogP contribution in [0.5, 0.6) is 5.75 Å². The van der Waals surface area contributed by atoms with E-state index in [0.29, 0.717) is 38.1 Å². The summed E-state index contributed by atoms with van der Waals surface area (Å²) in [7, 11) is 0. The van der Waals surface area contributed by atoms with Crippen LogP contribution in [0.15, 0.2) is 48.8 Å². The Morgan fingerprint density at radius 1 is 1.08 bits per heavy atom. The van der Waals surface area contributed by atoms with E-state index in [4.69, 9.17) is 21.1 Å². The summed E-state index contributed by atoms with van der Waals surface area (Å²) < 4.78 is 52.6. The van der Waals surface area contributed by atoms with E-state index < -0.39 is 28.3 Å². The molecule has 0 N–H and O–H groups in total. The molecule has 0 spiro atoms. The van der Waals surface area contributed by atoms with Crippen LogP contribution in [0.1, 0.15) is 69.0 Å². The molecule has 2 aromatic carbocycles. The summed E-state index contributed by atoms with van der Waals surface area (Å²) in [4.78, 5) is 13.9. The highest BCUT2D eigenvalue weighted by Crippen LogP contribution is 2.45. The summed E-state index contributed by atoms with van der Waals surface area (Å²) >= 11 is 7.16. The molecule has 0 bridgehead atoms. The van der Waals surface area contributed by atoms with Gasteiger partial charge in [-0.1, -0.05) is 18.2 Å². The Balaban J connectivity index is 1.33. The quantitative estimate of drug-likeness (QED) is 0.322. The van der Waals surface area contributed by atoms with Gasteiger partial charge in [0.15, 0.2) is 5.82 Å². The Morgan fingerprint density at radius 3 is 2.51 bits per heavy atom. The molecule has 1 amide bonds. The van der Waals surface area contributed by atoms with Crippen molar-refractivity contribution in [2.24, 2.45) is 0 Å². The van der Waals surface area contributed by atoms with Gasteiger partial charge in [0.25, 0.3) is 0 Å². The highest BCUT2D eigenvalue weighted by molar-refractivity contribution is 6.24. The minimum Gasteiger partial charge on any atom is -0.490 e. The molecule has 39 heavy (non-hydrogen) atoms. The van der Waals surface area contributed by atoms with Gasteiger partial charge in [-0.3, -0.25) is 9.47 Å². The molecule has 0 atom stereocenters. The number of ether oxygens (including phenoxy) is 2. The molecule has 5 rings (SSSR count). The lowest BCUT2D eigenvalue weighted by Gasteiger charge is -2.36. The van der Waals surface area contributed by atoms with Crippen LogP contribution >= 0.6 is 11.6 Å². The van der Waals surface area contributed by atoms with Gasteiger partial charge in [-0.25, -0.2) is 4.79 Å². The third-order valence-corrected chi connectivity index (χ3v) is 7.61. The summed E-state index contributed by atoms with van der Waals surface area (Å²) in [6.45, 7) is 6.03. The number of alkyl halides is 4. The van der Waals surface area contributed by atoms with Gasteiger partial charge in [0.2, 0.25) is 0 Å². The first-order valence-electron chi connectivity index (χ1n) is 12.8. The van der Waals surface area contributed by atoms with Crippen LogP contribution in [0.2, 0.25) is 0 Å². The summed E-state index contributed by atoms with van der Waals surface area (Å²) in [5.74, 6) is 0.828. The van der Waals surface area contributed by atoms with Gasteiger partial charge in [-0.15, -0.1) is 21.8 Å². The van der Waals surface area contributed by atoms with E-state index in [-0.39, 0.29) is 18.4 Å². The molecular weight excluding hydrogens is 533 g/mol. The number of aromatic nitrogens is 3. The second-order valence-corrected chi connectivity index (χ2v) is 11.8. The first-order valence-corrected chi connectivity index (χ1v) is 13.2. The van der Waals surface area contributed by atoms with Gasteiger partial charge < -0.3 is 9.47 Å². The van der Waals surface area contributed by atoms with Crippen LogP contribution in [-0.2, 0) is 28.9 Å². The SMILES string of the molecule is CC(C)(C)OC(=O)N1Cc2cc(C3(Cl)CCC(Oc4cccc(C(F)(F)F)c4)CC3)ccc2-n2cnnc2C1. The summed E-state index contributed by atoms with van der Waals surface area (Å²) in [6.07, 6.45) is -1.11. The number of nitrogens with zero attached hydrogens (tertiary/aromatic N) is 4. The maximum Gasteiger partial charge on any atom is 0.416 e. The minimum absolute atomic E-state index is 0.203. The van der Waals surface area contributed by atoms with Crippen LogP contribution in [0.3, 0.4) is 0 Å². The van der Waals surface area contributed by atoms with Gasteiger partial charge in [-0.2, -0.15) is 13.2 Å². The van der Waals surface area contributed by atoms with Gasteiger partial charge in [-0.05, 0) is 81.8 Å². The van der Waals surface area contributed by atoms with Crippen LogP contribution in [-0.4, -0.2) is 37.5 Å². The number of hydrogen-bond donors (Lipinski definition) is 0. The lowest BCUT2D eigenvalue weighted by atomic mass is 9.81. The van der Waals surface area contributed by atoms with Crippen LogP contribution in [0.25, 0.3) is 5.69 Å². The molecule has 2 heterocycles. The maximum atomic E-state index is 13.1. The summed E-state index contributed by atoms with van der Waals surface area (Å²) in [6, 6.07) is 10.9. The number of rotatable bonds is 3. The molecule has 7 nitrogen and oxygen atoms in total. The molecular formula is C28H30ClF3N4O3. The third kappa shape index (κ3) is 6.00. The van der Waals surface area contributed by atoms with Crippen molar-refractivity contribution in [1.29, 1.82) is 0 Å². The Morgan fingerprint density at radius 2 is 1.82 bits per heavy atom. The van der Waals surface area contributed by atoms with Crippen LogP contribution < -0.4 is 4.74 Å². The minimum atomic E-state index is -4.42. The second kappa shape index (κ2) is 10.0. The molecule has 208 valence electrons. The average molecular weight is 563 g/mol. The number of carbonyl (C=O) groups excluding carboxylic acids is 1. The number of halogens is 4. The number of amides is 1. The van der Waals surface area contributed by atoms with E-state index in [9.17, 15) is 18.0 Å². The fourth-order valence-electron chi connectivity index (χ4n) is 5.08. The number of benzene rings is 2. The zero-order valence-corrected chi connectivity index (χ0v) is 22.7. The topological polar surface area (TPSA) is 69.5 Å². The van der Waals surface area contributed by atoms with E-state index in [0.717, 1.165) is 28.9 Å². The van der Waals surface area contributed by atoms with Gasteiger partial charge >= 0.3 is 12.3 Å². The normalized spacial score (nSPS) is 21.5. The Hall–Kier alpha value is -3.27. The number of hydrogen-bond acceptors (Lipinski definition) is 5. The average Bonchev–Trinajstić information content (AvgIpc) is 3.25. The monoisotopic (exact) mass is 562 g/mol. The fraction of sp³-hybridized carbons (Fsp3) is 0.464. The first-order chi connectivity index (χ1) is 18.3. The van der Waals surface area contributed by atoms with Crippen molar-refractivity contribution in [3.8, 4) is 11.4 Å². The van der Waals surface area contributed by atoms with Crippen molar-refractivity contribution in [2.45, 2.75) is 82.3 Å². The third-order valence-electron chi connectivity index (χ3n) is 7.01. The van der Waals surface area contributed by atoms with E-state index in [1.807, 2.05) is 43.5 Å². The Bertz CT molecular complexity index is 1360. The molecule has 11 heteroatoms. The standard InChI is InChI=1S/C28H30ClF3N4O3/c1-26(2,3)39-25(37)35-15-18-13-19(7-8-23(18)36-17-33-34-24(36)16-35)27(29)11-9-21(10-12-27)38-22-6-4-5-20(14-22)28(30,31)32/h4-8,13-14,17,21H,9-12,15-16H2,1-3H3. The fourth-order valence-corrected chi connectivity index (χ4v) is 5.41. The van der Waals surface area contributed by atoms with E-state index in [2.05, 4.69) is 10.2 Å². The molecule has 0 radical (unpaired) electrons. The van der Waals surface area contributed by atoms with Gasteiger partial charge in [0.1, 0.15) is 17.7 Å². The predicted octanol–water partition coefficient (Wildman–Crippen LogP) is 6.99. The zero-order chi connectivity index (χ0) is 28.0. The molecule has 2 aliphatic rings. The van der Waals surface area contributed by atoms with E-state index >= 15 is 0 Å². The molecule has 3 aromatic rings. The van der Waals surface area contributed by atoms with Crippen molar-refractivity contribution in [3.63, 3.8) is 0 Å². The van der Waals surface area contributed by atoms with Crippen molar-refractivity contribution < 1.29 is 27.4 Å². The van der Waals surface area contributed by atoms with E-state index in [1.54, 1.807) is 17.3 Å². The lowest BCUT2D eigenvalue weighted by molar-refractivity contribution is -0.137. The van der Waals surface area contributed by atoms with Crippen LogP contribution in [0, 0.1) is 0 Å². The largest absolute Gasteiger partial charge is 0.490 e. The van der Waals surface area contributed by atoms with Gasteiger partial charge in [0, 0.05) is 0 Å². The summed E-state index contributed by atoms with van der Waals surface area (Å²) in [5, 5.41) is 8.23. The maximum absolute atomic E-state index is 13.1. The summed E-state index contributed by atoms with van der Waals surface area (Å²) in [5.41, 5.74) is 1.30. The molecule has 1 aliphatic heterocycles. The van der Waals surface area contributed by atoms with Gasteiger partial charge in [0.05, 0.1) is 35.3 Å². The molecule has 0 unspecified atom stereocenters.